The number of Topliss-reactive ketones (excluding diaryl/α,β-unsaturated/α-hetero) is 1. The van der Waals surface area contributed by atoms with Crippen LogP contribution in [0.25, 0.3) is 0 Å². The molecule has 3 nitrogen and oxygen atoms in total. The summed E-state index contributed by atoms with van der Waals surface area (Å²) >= 11 is 0. The number of nitrogens with zero attached hydrogens (tertiary/aromatic N) is 1. The second-order valence-corrected chi connectivity index (χ2v) is 6.53. The van der Waals surface area contributed by atoms with Crippen molar-refractivity contribution in [3.63, 3.8) is 0 Å². The lowest BCUT2D eigenvalue weighted by molar-refractivity contribution is -0.120. The molecule has 0 radical (unpaired) electrons. The molecule has 3 rings (SSSR count). The molecule has 2 atom stereocenters. The standard InChI is InChI=1S/C13H21NO2/c1-9(15)10-5-12(6-14(10)4)11(2,3)13(12)7-16-8-13/h10H,5-8H2,1-4H3/t10-,12+/m0/s1. The van der Waals surface area contributed by atoms with Crippen LogP contribution in [0.4, 0.5) is 0 Å². The van der Waals surface area contributed by atoms with E-state index in [1.54, 1.807) is 6.92 Å². The summed E-state index contributed by atoms with van der Waals surface area (Å²) in [6.07, 6.45) is 1.04. The van der Waals surface area contributed by atoms with E-state index < -0.39 is 0 Å². The third-order valence-corrected chi connectivity index (χ3v) is 6.01. The Balaban J connectivity index is 1.91. The van der Waals surface area contributed by atoms with Gasteiger partial charge in [0.25, 0.3) is 0 Å². The van der Waals surface area contributed by atoms with E-state index >= 15 is 0 Å². The van der Waals surface area contributed by atoms with Gasteiger partial charge in [-0.25, -0.2) is 0 Å². The third kappa shape index (κ3) is 0.842. The second-order valence-electron chi connectivity index (χ2n) is 6.53. The van der Waals surface area contributed by atoms with Crippen LogP contribution in [0, 0.1) is 16.2 Å². The maximum Gasteiger partial charge on any atom is 0.146 e. The van der Waals surface area contributed by atoms with Gasteiger partial charge < -0.3 is 4.74 Å². The first kappa shape index (κ1) is 10.7. The highest BCUT2D eigenvalue weighted by molar-refractivity contribution is 5.82. The number of likely N-dealkylation sites (tertiary alicyclic amines) is 1. The number of ether oxygens (including phenoxy) is 1. The van der Waals surface area contributed by atoms with Gasteiger partial charge in [-0.2, -0.15) is 0 Å². The molecule has 1 saturated carbocycles. The molecule has 2 aliphatic heterocycles. The van der Waals surface area contributed by atoms with Gasteiger partial charge in [-0.05, 0) is 25.8 Å². The molecule has 3 aliphatic rings. The van der Waals surface area contributed by atoms with Crippen molar-refractivity contribution in [2.45, 2.75) is 33.2 Å². The largest absolute Gasteiger partial charge is 0.380 e. The van der Waals surface area contributed by atoms with Gasteiger partial charge in [-0.15, -0.1) is 0 Å². The van der Waals surface area contributed by atoms with E-state index in [1.165, 1.54) is 0 Å². The van der Waals surface area contributed by atoms with E-state index in [2.05, 4.69) is 25.8 Å². The number of rotatable bonds is 1. The summed E-state index contributed by atoms with van der Waals surface area (Å²) in [5, 5.41) is 0. The predicted octanol–water partition coefficient (Wildman–Crippen LogP) is 1.32. The first-order valence-corrected chi connectivity index (χ1v) is 6.16. The summed E-state index contributed by atoms with van der Waals surface area (Å²) in [6, 6.07) is 0.138. The minimum absolute atomic E-state index is 0.138. The SMILES string of the molecule is CC(=O)[C@@H]1C[C@@]2(CN1C)C(C)(C)C21COC1. The minimum Gasteiger partial charge on any atom is -0.380 e. The fraction of sp³-hybridized carbons (Fsp3) is 0.923. The van der Waals surface area contributed by atoms with Gasteiger partial charge in [0.1, 0.15) is 5.78 Å². The maximum atomic E-state index is 11.6. The van der Waals surface area contributed by atoms with Crippen LogP contribution in [0.3, 0.4) is 0 Å². The molecule has 2 heterocycles. The first-order valence-electron chi connectivity index (χ1n) is 6.16. The van der Waals surface area contributed by atoms with Gasteiger partial charge in [0.05, 0.1) is 19.3 Å². The number of ketones is 1. The molecule has 0 N–H and O–H groups in total. The Morgan fingerprint density at radius 2 is 1.94 bits per heavy atom. The smallest absolute Gasteiger partial charge is 0.146 e. The molecule has 0 aromatic carbocycles. The summed E-state index contributed by atoms with van der Waals surface area (Å²) in [5.41, 5.74) is 1.05. The highest BCUT2D eigenvalue weighted by atomic mass is 16.5. The number of hydrogen-bond acceptors (Lipinski definition) is 3. The monoisotopic (exact) mass is 223 g/mol. The Labute approximate surface area is 97.1 Å². The van der Waals surface area contributed by atoms with Crippen LogP contribution in [0.1, 0.15) is 27.2 Å². The molecule has 90 valence electrons. The molecule has 0 aromatic rings. The Morgan fingerprint density at radius 1 is 1.31 bits per heavy atom. The Morgan fingerprint density at radius 3 is 2.25 bits per heavy atom. The number of fused-ring (bicyclic) bond motifs is 1. The molecule has 0 aromatic heterocycles. The first-order chi connectivity index (χ1) is 7.38. The van der Waals surface area contributed by atoms with E-state index in [9.17, 15) is 4.79 Å². The maximum absolute atomic E-state index is 11.6. The van der Waals surface area contributed by atoms with Crippen molar-refractivity contribution in [3.8, 4) is 0 Å². The van der Waals surface area contributed by atoms with Gasteiger partial charge in [0, 0.05) is 17.4 Å². The van der Waals surface area contributed by atoms with Gasteiger partial charge >= 0.3 is 0 Å². The topological polar surface area (TPSA) is 29.5 Å². The summed E-state index contributed by atoms with van der Waals surface area (Å²) in [4.78, 5) is 13.9. The van der Waals surface area contributed by atoms with Crippen molar-refractivity contribution in [1.29, 1.82) is 0 Å². The average Bonchev–Trinajstić information content (AvgIpc) is 2.38. The van der Waals surface area contributed by atoms with E-state index in [-0.39, 0.29) is 6.04 Å². The molecular formula is C13H21NO2. The second kappa shape index (κ2) is 2.70. The van der Waals surface area contributed by atoms with Crippen molar-refractivity contribution in [1.82, 2.24) is 4.90 Å². The summed E-state index contributed by atoms with van der Waals surface area (Å²) in [7, 11) is 2.09. The van der Waals surface area contributed by atoms with Crippen LogP contribution in [0.5, 0.6) is 0 Å². The molecule has 0 amide bonds. The number of likely N-dealkylation sites (N-methyl/N-ethyl adjacent to an activating group) is 1. The Hall–Kier alpha value is -0.410. The molecule has 1 aliphatic carbocycles. The van der Waals surface area contributed by atoms with E-state index in [4.69, 9.17) is 4.74 Å². The Bertz CT molecular complexity index is 359. The van der Waals surface area contributed by atoms with Crippen LogP contribution in [0.15, 0.2) is 0 Å². The van der Waals surface area contributed by atoms with Crippen molar-refractivity contribution in [2.24, 2.45) is 16.2 Å². The molecule has 0 unspecified atom stereocenters. The zero-order valence-corrected chi connectivity index (χ0v) is 10.7. The van der Waals surface area contributed by atoms with Crippen molar-refractivity contribution < 1.29 is 9.53 Å². The molecule has 3 fully saturated rings. The van der Waals surface area contributed by atoms with Crippen molar-refractivity contribution >= 4 is 5.78 Å². The van der Waals surface area contributed by atoms with Crippen LogP contribution < -0.4 is 0 Å². The zero-order valence-electron chi connectivity index (χ0n) is 10.7. The van der Waals surface area contributed by atoms with E-state index in [0.29, 0.717) is 22.0 Å². The van der Waals surface area contributed by atoms with Gasteiger partial charge in [-0.3, -0.25) is 9.69 Å². The normalized spacial score (nSPS) is 43.6. The molecular weight excluding hydrogens is 202 g/mol. The number of carbonyl (C=O) groups excluding carboxylic acids is 1. The van der Waals surface area contributed by atoms with Crippen molar-refractivity contribution in [2.75, 3.05) is 26.8 Å². The average molecular weight is 223 g/mol. The van der Waals surface area contributed by atoms with Crippen LogP contribution >= 0.6 is 0 Å². The molecule has 0 bridgehead atoms. The predicted molar refractivity (Wildman–Crippen MR) is 61.2 cm³/mol. The fourth-order valence-electron chi connectivity index (χ4n) is 4.54. The van der Waals surface area contributed by atoms with E-state index in [0.717, 1.165) is 26.2 Å². The molecule has 16 heavy (non-hydrogen) atoms. The highest BCUT2D eigenvalue weighted by Crippen LogP contribution is 2.83. The summed E-state index contributed by atoms with van der Waals surface area (Å²) < 4.78 is 5.45. The lowest BCUT2D eigenvalue weighted by atomic mass is 9.88. The number of carbonyl (C=O) groups is 1. The van der Waals surface area contributed by atoms with Crippen LogP contribution in [0.2, 0.25) is 0 Å². The highest BCUT2D eigenvalue weighted by Gasteiger charge is 2.85. The molecule has 2 spiro atoms. The minimum atomic E-state index is 0.138. The number of hydrogen-bond donors (Lipinski definition) is 0. The Kier molecular flexibility index (Phi) is 1.81. The van der Waals surface area contributed by atoms with Gasteiger partial charge in [0.15, 0.2) is 0 Å². The lowest BCUT2D eigenvalue weighted by Crippen LogP contribution is -2.37. The van der Waals surface area contributed by atoms with Crippen LogP contribution in [-0.4, -0.2) is 43.5 Å². The quantitative estimate of drug-likeness (QED) is 0.671. The summed E-state index contributed by atoms with van der Waals surface area (Å²) in [6.45, 7) is 9.29. The van der Waals surface area contributed by atoms with Gasteiger partial charge in [0.2, 0.25) is 0 Å². The van der Waals surface area contributed by atoms with Crippen LogP contribution in [-0.2, 0) is 9.53 Å². The van der Waals surface area contributed by atoms with Crippen molar-refractivity contribution in [3.05, 3.63) is 0 Å². The lowest BCUT2D eigenvalue weighted by Gasteiger charge is -2.32. The summed E-state index contributed by atoms with van der Waals surface area (Å²) in [5.74, 6) is 0.317. The van der Waals surface area contributed by atoms with Gasteiger partial charge in [-0.1, -0.05) is 13.8 Å². The van der Waals surface area contributed by atoms with E-state index in [1.807, 2.05) is 0 Å². The molecule has 3 heteroatoms. The fourth-order valence-corrected chi connectivity index (χ4v) is 4.54. The third-order valence-electron chi connectivity index (χ3n) is 6.01. The zero-order chi connectivity index (χ0) is 11.8. The molecule has 2 saturated heterocycles.